The third-order valence-electron chi connectivity index (χ3n) is 2.92. The number of nitrogens with one attached hydrogen (secondary N) is 1. The van der Waals surface area contributed by atoms with Crippen molar-refractivity contribution in [2.45, 2.75) is 71.6 Å². The molecule has 0 bridgehead atoms. The van der Waals surface area contributed by atoms with E-state index in [2.05, 4.69) is 32.3 Å². The van der Waals surface area contributed by atoms with E-state index in [0.717, 1.165) is 25.4 Å². The van der Waals surface area contributed by atoms with Crippen molar-refractivity contribution in [1.29, 1.82) is 0 Å². The molecule has 0 aliphatic carbocycles. The van der Waals surface area contributed by atoms with Crippen LogP contribution < -0.4 is 5.32 Å². The van der Waals surface area contributed by atoms with Gasteiger partial charge < -0.3 is 14.2 Å². The molecule has 0 spiro atoms. The van der Waals surface area contributed by atoms with Gasteiger partial charge in [-0.05, 0) is 65.1 Å². The smallest absolute Gasteiger partial charge is 0.306 e. The lowest BCUT2D eigenvalue weighted by Crippen LogP contribution is -2.36. The molecule has 0 saturated carbocycles. The Balaban J connectivity index is 3.73. The first kappa shape index (κ1) is 19.8. The van der Waals surface area contributed by atoms with Crippen LogP contribution in [0, 0.1) is 0 Å². The Morgan fingerprint density at radius 3 is 2.30 bits per heavy atom. The zero-order chi connectivity index (χ0) is 15.8. The molecular formula is C14H33NO3Si2. The van der Waals surface area contributed by atoms with E-state index in [1.165, 1.54) is 0 Å². The van der Waals surface area contributed by atoms with Crippen LogP contribution in [0.5, 0.6) is 0 Å². The molecule has 20 heavy (non-hydrogen) atoms. The molecule has 0 radical (unpaired) electrons. The van der Waals surface area contributed by atoms with Crippen molar-refractivity contribution >= 4 is 22.6 Å². The average Bonchev–Trinajstić information content (AvgIpc) is 2.25. The van der Waals surface area contributed by atoms with Crippen molar-refractivity contribution in [3.05, 3.63) is 0 Å². The predicted octanol–water partition coefficient (Wildman–Crippen LogP) is 3.36. The highest BCUT2D eigenvalue weighted by atomic mass is 28.4. The summed E-state index contributed by atoms with van der Waals surface area (Å²) >= 11 is 0. The minimum atomic E-state index is -1.74. The Morgan fingerprint density at radius 1 is 1.20 bits per heavy atom. The van der Waals surface area contributed by atoms with Crippen molar-refractivity contribution < 1.29 is 13.6 Å². The molecule has 4 nitrogen and oxygen atoms in total. The molecule has 0 aliphatic rings. The molecule has 1 unspecified atom stereocenters. The molecule has 120 valence electrons. The Hall–Kier alpha value is -0.176. The summed E-state index contributed by atoms with van der Waals surface area (Å²) in [5.41, 5.74) is 0. The molecule has 0 aromatic carbocycles. The van der Waals surface area contributed by atoms with E-state index in [1.807, 2.05) is 19.6 Å². The number of carbonyl (C=O) groups is 1. The van der Waals surface area contributed by atoms with Gasteiger partial charge >= 0.3 is 5.97 Å². The van der Waals surface area contributed by atoms with Gasteiger partial charge in [0, 0.05) is 6.10 Å². The first-order valence-corrected chi connectivity index (χ1v) is 14.2. The maximum atomic E-state index is 11.5. The zero-order valence-electron chi connectivity index (χ0n) is 14.3. The topological polar surface area (TPSA) is 47.6 Å². The van der Waals surface area contributed by atoms with Gasteiger partial charge in [0.1, 0.15) is 0 Å². The largest absolute Gasteiger partial charge is 0.519 e. The normalized spacial score (nSPS) is 14.2. The number of rotatable bonds is 10. The molecule has 0 saturated heterocycles. The highest BCUT2D eigenvalue weighted by molar-refractivity contribution is 6.71. The van der Waals surface area contributed by atoms with E-state index in [4.69, 9.17) is 8.85 Å². The average molecular weight is 320 g/mol. The first-order valence-electron chi connectivity index (χ1n) is 7.66. The second kappa shape index (κ2) is 8.97. The van der Waals surface area contributed by atoms with Gasteiger partial charge in [0.05, 0.1) is 6.54 Å². The minimum Gasteiger partial charge on any atom is -0.519 e. The summed E-state index contributed by atoms with van der Waals surface area (Å²) in [6.45, 7) is 16.0. The van der Waals surface area contributed by atoms with Crippen molar-refractivity contribution in [3.63, 3.8) is 0 Å². The van der Waals surface area contributed by atoms with Crippen LogP contribution in [0.25, 0.3) is 0 Å². The lowest BCUT2D eigenvalue weighted by atomic mass is 10.3. The fraction of sp³-hybridized carbons (Fsp3) is 0.929. The second-order valence-corrected chi connectivity index (χ2v) is 15.6. The van der Waals surface area contributed by atoms with Gasteiger partial charge in [0.15, 0.2) is 8.32 Å². The molecule has 0 aromatic heterocycles. The van der Waals surface area contributed by atoms with Gasteiger partial charge in [0.25, 0.3) is 0 Å². The highest BCUT2D eigenvalue weighted by Gasteiger charge is 2.24. The minimum absolute atomic E-state index is 0.128. The third kappa shape index (κ3) is 11.6. The summed E-state index contributed by atoms with van der Waals surface area (Å²) in [5, 5.41) is 3.16. The van der Waals surface area contributed by atoms with E-state index in [0.29, 0.717) is 12.6 Å². The lowest BCUT2D eigenvalue weighted by Gasteiger charge is -2.27. The van der Waals surface area contributed by atoms with Crippen LogP contribution in [0.4, 0.5) is 0 Å². The SMILES string of the molecule is CCC(C)O[Si](C)(C)CCCNCC(=O)O[Si](C)(C)C. The van der Waals surface area contributed by atoms with Crippen LogP contribution in [-0.2, 0) is 13.6 Å². The summed E-state index contributed by atoms with van der Waals surface area (Å²) in [4.78, 5) is 11.5. The van der Waals surface area contributed by atoms with Crippen molar-refractivity contribution in [3.8, 4) is 0 Å². The fourth-order valence-corrected chi connectivity index (χ4v) is 5.05. The maximum absolute atomic E-state index is 11.5. The maximum Gasteiger partial charge on any atom is 0.306 e. The molecule has 0 rings (SSSR count). The molecule has 1 N–H and O–H groups in total. The molecule has 0 aliphatic heterocycles. The van der Waals surface area contributed by atoms with Crippen LogP contribution in [-0.4, -0.2) is 41.8 Å². The third-order valence-corrected chi connectivity index (χ3v) is 6.36. The summed E-state index contributed by atoms with van der Waals surface area (Å²) in [5.74, 6) is -0.128. The Morgan fingerprint density at radius 2 is 1.80 bits per heavy atom. The number of carbonyl (C=O) groups excluding carboxylic acids is 1. The molecule has 1 atom stereocenters. The second-order valence-electron chi connectivity index (χ2n) is 6.96. The molecule has 0 fully saturated rings. The zero-order valence-corrected chi connectivity index (χ0v) is 16.3. The first-order chi connectivity index (χ1) is 9.06. The predicted molar refractivity (Wildman–Crippen MR) is 90.1 cm³/mol. The molecule has 0 aromatic rings. The van der Waals surface area contributed by atoms with Gasteiger partial charge in [-0.15, -0.1) is 0 Å². The monoisotopic (exact) mass is 319 g/mol. The van der Waals surface area contributed by atoms with E-state index < -0.39 is 16.6 Å². The standard InChI is InChI=1S/C14H33NO3Si2/c1-8-13(2)17-20(6,7)11-9-10-15-12-14(16)18-19(3,4)5/h13,15H,8-12H2,1-7H3. The van der Waals surface area contributed by atoms with Gasteiger partial charge in [-0.3, -0.25) is 4.79 Å². The number of hydrogen-bond acceptors (Lipinski definition) is 4. The highest BCUT2D eigenvalue weighted by Crippen LogP contribution is 2.16. The van der Waals surface area contributed by atoms with Crippen LogP contribution in [0.2, 0.25) is 38.8 Å². The molecule has 0 amide bonds. The van der Waals surface area contributed by atoms with Crippen LogP contribution in [0.3, 0.4) is 0 Å². The molecular weight excluding hydrogens is 286 g/mol. The van der Waals surface area contributed by atoms with E-state index >= 15 is 0 Å². The number of hydrogen-bond donors (Lipinski definition) is 1. The van der Waals surface area contributed by atoms with Crippen LogP contribution in [0.15, 0.2) is 0 Å². The Bertz CT molecular complexity index is 291. The summed E-state index contributed by atoms with van der Waals surface area (Å²) in [7, 11) is -3.30. The molecule has 0 heterocycles. The van der Waals surface area contributed by atoms with Gasteiger partial charge in [0.2, 0.25) is 8.32 Å². The quantitative estimate of drug-likeness (QED) is 0.495. The summed E-state index contributed by atoms with van der Waals surface area (Å²) < 4.78 is 11.5. The van der Waals surface area contributed by atoms with E-state index in [-0.39, 0.29) is 5.97 Å². The van der Waals surface area contributed by atoms with Gasteiger partial charge in [-0.2, -0.15) is 0 Å². The van der Waals surface area contributed by atoms with Crippen LogP contribution in [0.1, 0.15) is 26.7 Å². The van der Waals surface area contributed by atoms with Gasteiger partial charge in [-0.25, -0.2) is 0 Å². The van der Waals surface area contributed by atoms with Crippen molar-refractivity contribution in [1.82, 2.24) is 5.32 Å². The van der Waals surface area contributed by atoms with E-state index in [9.17, 15) is 4.79 Å². The van der Waals surface area contributed by atoms with E-state index in [1.54, 1.807) is 0 Å². The van der Waals surface area contributed by atoms with Crippen molar-refractivity contribution in [2.75, 3.05) is 13.1 Å². The Kier molecular flexibility index (Phi) is 8.89. The lowest BCUT2D eigenvalue weighted by molar-refractivity contribution is -0.134. The van der Waals surface area contributed by atoms with Crippen LogP contribution >= 0.6 is 0 Å². The van der Waals surface area contributed by atoms with Crippen molar-refractivity contribution in [2.24, 2.45) is 0 Å². The van der Waals surface area contributed by atoms with Gasteiger partial charge in [-0.1, -0.05) is 6.92 Å². The summed E-state index contributed by atoms with van der Waals surface area (Å²) in [6, 6.07) is 1.12. The molecule has 6 heteroatoms. The fourth-order valence-electron chi connectivity index (χ4n) is 1.89. The summed E-state index contributed by atoms with van der Waals surface area (Å²) in [6.07, 6.45) is 2.48. The Labute approximate surface area is 126 Å².